The van der Waals surface area contributed by atoms with E-state index in [1.807, 2.05) is 47.8 Å². The van der Waals surface area contributed by atoms with Crippen molar-refractivity contribution in [2.75, 3.05) is 11.5 Å². The number of thioether (sulfide) groups is 2. The van der Waals surface area contributed by atoms with Crippen LogP contribution in [0.15, 0.2) is 53.4 Å². The van der Waals surface area contributed by atoms with Crippen molar-refractivity contribution in [3.63, 3.8) is 0 Å². The summed E-state index contributed by atoms with van der Waals surface area (Å²) in [6, 6.07) is 14.3. The van der Waals surface area contributed by atoms with Crippen LogP contribution >= 0.6 is 23.5 Å². The molecule has 0 aromatic heterocycles. The van der Waals surface area contributed by atoms with Crippen molar-refractivity contribution in [1.29, 1.82) is 0 Å². The molecular weight excluding hydrogens is 372 g/mol. The van der Waals surface area contributed by atoms with Crippen molar-refractivity contribution in [2.24, 2.45) is 0 Å². The van der Waals surface area contributed by atoms with Crippen LogP contribution in [0.4, 0.5) is 0 Å². The van der Waals surface area contributed by atoms with E-state index in [9.17, 15) is 8.42 Å². The van der Waals surface area contributed by atoms with E-state index in [0.29, 0.717) is 10.3 Å². The molecule has 0 bridgehead atoms. The smallest absolute Gasteiger partial charge is 0.339 e. The molecule has 1 aliphatic heterocycles. The summed E-state index contributed by atoms with van der Waals surface area (Å²) >= 11 is 3.84. The van der Waals surface area contributed by atoms with Crippen molar-refractivity contribution in [2.45, 2.75) is 35.7 Å². The van der Waals surface area contributed by atoms with E-state index in [2.05, 4.69) is 20.8 Å². The van der Waals surface area contributed by atoms with Crippen molar-refractivity contribution >= 4 is 33.6 Å². The van der Waals surface area contributed by atoms with Gasteiger partial charge in [0.15, 0.2) is 0 Å². The van der Waals surface area contributed by atoms with Crippen LogP contribution < -0.4 is 4.18 Å². The third kappa shape index (κ3) is 4.54. The summed E-state index contributed by atoms with van der Waals surface area (Å²) in [4.78, 5) is 0.173. The molecule has 6 heteroatoms. The average molecular weight is 395 g/mol. The zero-order valence-electron chi connectivity index (χ0n) is 14.6. The molecule has 0 unspecified atom stereocenters. The second kappa shape index (κ2) is 7.25. The van der Waals surface area contributed by atoms with Gasteiger partial charge in [-0.05, 0) is 40.8 Å². The van der Waals surface area contributed by atoms with Crippen molar-refractivity contribution < 1.29 is 12.6 Å². The molecular formula is C19H22O3S3. The molecule has 0 radical (unpaired) electrons. The highest BCUT2D eigenvalue weighted by Crippen LogP contribution is 2.45. The highest BCUT2D eigenvalue weighted by Gasteiger charge is 2.21. The fourth-order valence-corrected chi connectivity index (χ4v) is 6.32. The number of hydrogen-bond donors (Lipinski definition) is 0. The molecule has 1 heterocycles. The molecule has 1 aliphatic rings. The Labute approximate surface area is 158 Å². The first-order chi connectivity index (χ1) is 11.8. The molecule has 134 valence electrons. The van der Waals surface area contributed by atoms with E-state index in [0.717, 1.165) is 17.1 Å². The minimum Gasteiger partial charge on any atom is -0.379 e. The normalized spacial score (nSPS) is 16.1. The van der Waals surface area contributed by atoms with Crippen molar-refractivity contribution in [3.8, 4) is 5.75 Å². The first-order valence-electron chi connectivity index (χ1n) is 8.14. The lowest BCUT2D eigenvalue weighted by Gasteiger charge is -2.19. The quantitative estimate of drug-likeness (QED) is 0.664. The zero-order valence-corrected chi connectivity index (χ0v) is 17.0. The SMILES string of the molecule is CC(C)(C)c1ccc(S(=O)(=O)Oc2ccc(C3SCCS3)cc2)cc1. The van der Waals surface area contributed by atoms with Gasteiger partial charge in [0.25, 0.3) is 0 Å². The lowest BCUT2D eigenvalue weighted by Crippen LogP contribution is -2.13. The van der Waals surface area contributed by atoms with Gasteiger partial charge in [0.2, 0.25) is 0 Å². The number of hydrogen-bond acceptors (Lipinski definition) is 5. The Balaban J connectivity index is 1.74. The summed E-state index contributed by atoms with van der Waals surface area (Å²) in [5.41, 5.74) is 2.27. The molecule has 0 atom stereocenters. The van der Waals surface area contributed by atoms with E-state index < -0.39 is 10.1 Å². The molecule has 25 heavy (non-hydrogen) atoms. The fraction of sp³-hybridized carbons (Fsp3) is 0.368. The number of benzene rings is 2. The highest BCUT2D eigenvalue weighted by molar-refractivity contribution is 8.19. The lowest BCUT2D eigenvalue weighted by atomic mass is 9.87. The molecule has 3 nitrogen and oxygen atoms in total. The van der Waals surface area contributed by atoms with Gasteiger partial charge >= 0.3 is 10.1 Å². The molecule has 1 saturated heterocycles. The maximum atomic E-state index is 12.5. The van der Waals surface area contributed by atoms with Crippen LogP contribution in [0.2, 0.25) is 0 Å². The molecule has 0 aliphatic carbocycles. The Hall–Kier alpha value is -1.11. The standard InChI is InChI=1S/C19H22O3S3/c1-19(2,3)15-6-10-17(11-7-15)25(20,21)22-16-8-4-14(5-9-16)18-23-12-13-24-18/h4-11,18H,12-13H2,1-3H3. The Morgan fingerprint density at radius 3 is 2.00 bits per heavy atom. The van der Waals surface area contributed by atoms with Gasteiger partial charge in [-0.3, -0.25) is 0 Å². The molecule has 3 rings (SSSR count). The van der Waals surface area contributed by atoms with Gasteiger partial charge in [0, 0.05) is 11.5 Å². The molecule has 1 fully saturated rings. The Bertz CT molecular complexity index is 814. The van der Waals surface area contributed by atoms with Gasteiger partial charge in [0.1, 0.15) is 10.6 Å². The zero-order chi connectivity index (χ0) is 18.1. The van der Waals surface area contributed by atoms with Crippen LogP contribution in [0.25, 0.3) is 0 Å². The van der Waals surface area contributed by atoms with E-state index >= 15 is 0 Å². The fourth-order valence-electron chi connectivity index (χ4n) is 2.53. The largest absolute Gasteiger partial charge is 0.379 e. The molecule has 0 saturated carbocycles. The van der Waals surface area contributed by atoms with E-state index in [4.69, 9.17) is 4.18 Å². The minimum atomic E-state index is -3.82. The summed E-state index contributed by atoms with van der Waals surface area (Å²) in [6.07, 6.45) is 0. The minimum absolute atomic E-state index is 0.0186. The summed E-state index contributed by atoms with van der Waals surface area (Å²) in [6.45, 7) is 6.28. The van der Waals surface area contributed by atoms with Gasteiger partial charge in [-0.1, -0.05) is 45.0 Å². The van der Waals surface area contributed by atoms with Gasteiger partial charge in [-0.2, -0.15) is 8.42 Å². The van der Waals surface area contributed by atoms with Crippen molar-refractivity contribution in [3.05, 3.63) is 59.7 Å². The summed E-state index contributed by atoms with van der Waals surface area (Å²) in [7, 11) is -3.82. The van der Waals surface area contributed by atoms with E-state index in [1.54, 1.807) is 24.3 Å². The van der Waals surface area contributed by atoms with Gasteiger partial charge in [-0.25, -0.2) is 0 Å². The first-order valence-corrected chi connectivity index (χ1v) is 11.6. The van der Waals surface area contributed by atoms with Crippen molar-refractivity contribution in [1.82, 2.24) is 0 Å². The second-order valence-corrected chi connectivity index (χ2v) is 11.2. The predicted molar refractivity (Wildman–Crippen MR) is 107 cm³/mol. The summed E-state index contributed by atoms with van der Waals surface area (Å²) in [5.74, 6) is 2.66. The van der Waals surface area contributed by atoms with Crippen LogP contribution in [0, 0.1) is 0 Å². The maximum Gasteiger partial charge on any atom is 0.339 e. The third-order valence-corrected chi connectivity index (χ3v) is 8.35. The highest BCUT2D eigenvalue weighted by atomic mass is 32.2. The van der Waals surface area contributed by atoms with Gasteiger partial charge in [-0.15, -0.1) is 23.5 Å². The first kappa shape index (κ1) is 18.7. The Morgan fingerprint density at radius 1 is 0.920 bits per heavy atom. The summed E-state index contributed by atoms with van der Waals surface area (Å²) in [5, 5.41) is 0. The molecule has 0 spiro atoms. The van der Waals surface area contributed by atoms with Gasteiger partial charge in [0.05, 0.1) is 4.58 Å². The third-order valence-electron chi connectivity index (χ3n) is 3.99. The van der Waals surface area contributed by atoms with Crippen LogP contribution in [0.5, 0.6) is 5.75 Å². The average Bonchev–Trinajstić information content (AvgIpc) is 3.09. The summed E-state index contributed by atoms with van der Waals surface area (Å²) < 4.78 is 30.7. The topological polar surface area (TPSA) is 43.4 Å². The van der Waals surface area contributed by atoms with E-state index in [1.165, 1.54) is 5.56 Å². The molecule has 0 N–H and O–H groups in total. The Morgan fingerprint density at radius 2 is 1.48 bits per heavy atom. The maximum absolute atomic E-state index is 12.5. The molecule has 2 aromatic carbocycles. The lowest BCUT2D eigenvalue weighted by molar-refractivity contribution is 0.485. The molecule has 0 amide bonds. The molecule has 2 aromatic rings. The monoisotopic (exact) mass is 394 g/mol. The second-order valence-electron chi connectivity index (χ2n) is 6.95. The number of rotatable bonds is 4. The van der Waals surface area contributed by atoms with Gasteiger partial charge < -0.3 is 4.18 Å². The van der Waals surface area contributed by atoms with E-state index in [-0.39, 0.29) is 10.3 Å². The van der Waals surface area contributed by atoms with Crippen LogP contribution in [0.3, 0.4) is 0 Å². The van der Waals surface area contributed by atoms with Crippen LogP contribution in [-0.2, 0) is 15.5 Å². The Kier molecular flexibility index (Phi) is 5.42. The van der Waals surface area contributed by atoms with Crippen LogP contribution in [-0.4, -0.2) is 19.9 Å². The predicted octanol–water partition coefficient (Wildman–Crippen LogP) is 5.23. The van der Waals surface area contributed by atoms with Crippen LogP contribution in [0.1, 0.15) is 36.5 Å².